The minimum absolute atomic E-state index is 0.646. The quantitative estimate of drug-likeness (QED) is 0.358. The second-order valence-corrected chi connectivity index (χ2v) is 13.2. The van der Waals surface area contributed by atoms with Gasteiger partial charge in [-0.25, -0.2) is 0 Å². The van der Waals surface area contributed by atoms with Gasteiger partial charge in [0.1, 0.15) is 0 Å². The molecule has 3 fully saturated rings. The van der Waals surface area contributed by atoms with Crippen LogP contribution in [-0.2, 0) is 0 Å². The van der Waals surface area contributed by atoms with E-state index in [0.717, 1.165) is 29.6 Å². The van der Waals surface area contributed by atoms with E-state index in [1.54, 1.807) is 0 Å². The molecule has 3 atom stereocenters. The Morgan fingerprint density at radius 1 is 0.818 bits per heavy atom. The highest BCUT2D eigenvalue weighted by Crippen LogP contribution is 2.62. The Kier molecular flexibility index (Phi) is 17.8. The first-order valence-corrected chi connectivity index (χ1v) is 13.6. The average Bonchev–Trinajstić information content (AvgIpc) is 3.56. The minimum atomic E-state index is 0.646. The predicted octanol–water partition coefficient (Wildman–Crippen LogP) is 11.9. The monoisotopic (exact) mass is 463 g/mol. The molecule has 0 heteroatoms. The average molecular weight is 463 g/mol. The summed E-state index contributed by atoms with van der Waals surface area (Å²) in [4.78, 5) is 0. The molecule has 0 N–H and O–H groups in total. The van der Waals surface area contributed by atoms with Crippen LogP contribution in [0.25, 0.3) is 0 Å². The van der Waals surface area contributed by atoms with Gasteiger partial charge in [0.2, 0.25) is 0 Å². The second-order valence-electron chi connectivity index (χ2n) is 13.2. The fraction of sp³-hybridized carbons (Fsp3) is 0.818. The molecule has 0 radical (unpaired) electrons. The highest BCUT2D eigenvalue weighted by molar-refractivity contribution is 5.03. The molecule has 3 aliphatic rings. The van der Waals surface area contributed by atoms with E-state index in [0.29, 0.717) is 16.2 Å². The van der Waals surface area contributed by atoms with Gasteiger partial charge in [0.05, 0.1) is 0 Å². The lowest BCUT2D eigenvalue weighted by Gasteiger charge is -2.04. The zero-order chi connectivity index (χ0) is 27.3. The van der Waals surface area contributed by atoms with Gasteiger partial charge in [-0.15, -0.1) is 13.2 Å². The van der Waals surface area contributed by atoms with Crippen molar-refractivity contribution in [3.63, 3.8) is 0 Å². The summed E-state index contributed by atoms with van der Waals surface area (Å²) in [7, 11) is 0. The first kappa shape index (κ1) is 36.8. The van der Waals surface area contributed by atoms with Crippen molar-refractivity contribution in [3.05, 3.63) is 37.0 Å². The Balaban J connectivity index is -0.000000335. The predicted molar refractivity (Wildman–Crippen MR) is 158 cm³/mol. The molecule has 0 amide bonds. The van der Waals surface area contributed by atoms with Gasteiger partial charge in [-0.3, -0.25) is 0 Å². The first-order valence-electron chi connectivity index (χ1n) is 13.6. The molecule has 0 aromatic heterocycles. The summed E-state index contributed by atoms with van der Waals surface area (Å²) in [6.07, 6.45) is 11.2. The standard InChI is InChI=1S/3C7H14.3C4H8/c1-6(2)5-7(6,3)4;1-5-6(2)7(5,3)4;1-4-6-5-7(6,2)3;1-4(2)3;2*1-3-4-2/h5H2,1-4H3;5-6H,1-4H3;6H,4-5H2,1-3H3;1H2,2-3H3;3-4H,1-2H3;3H,1,4H2,2H3. The smallest absolute Gasteiger partial charge is 0.0297 e. The summed E-state index contributed by atoms with van der Waals surface area (Å²) in [6.45, 7) is 42.6. The molecule has 3 rings (SSSR count). The third-order valence-electron chi connectivity index (χ3n) is 8.41. The molecule has 0 aromatic rings. The van der Waals surface area contributed by atoms with Gasteiger partial charge in [0, 0.05) is 0 Å². The van der Waals surface area contributed by atoms with Gasteiger partial charge >= 0.3 is 0 Å². The summed E-state index contributed by atoms with van der Waals surface area (Å²) >= 11 is 0. The molecule has 0 nitrogen and oxygen atoms in total. The molecule has 3 saturated carbocycles. The van der Waals surface area contributed by atoms with Crippen LogP contribution in [0, 0.1) is 39.4 Å². The Morgan fingerprint density at radius 3 is 1.03 bits per heavy atom. The van der Waals surface area contributed by atoms with E-state index in [9.17, 15) is 0 Å². The number of allylic oxidation sites excluding steroid dienone is 4. The van der Waals surface area contributed by atoms with E-state index >= 15 is 0 Å². The van der Waals surface area contributed by atoms with Crippen molar-refractivity contribution in [2.24, 2.45) is 39.4 Å². The molecule has 0 spiro atoms. The summed E-state index contributed by atoms with van der Waals surface area (Å²) in [5, 5.41) is 0. The zero-order valence-corrected chi connectivity index (χ0v) is 26.2. The van der Waals surface area contributed by atoms with Crippen LogP contribution in [0.2, 0.25) is 0 Å². The Labute approximate surface area is 212 Å². The SMILES string of the molecule is C=C(C)C.C=CCC.CC1(C)CC1(C)C.CC1C(C)C1(C)C.CC=CC.CCC1CC1(C)C. The van der Waals surface area contributed by atoms with Crippen LogP contribution in [0.4, 0.5) is 0 Å². The van der Waals surface area contributed by atoms with E-state index in [1.165, 1.54) is 24.8 Å². The summed E-state index contributed by atoms with van der Waals surface area (Å²) < 4.78 is 0. The molecule has 3 unspecified atom stereocenters. The number of hydrogen-bond acceptors (Lipinski definition) is 0. The molecule has 33 heavy (non-hydrogen) atoms. The largest absolute Gasteiger partial charge is 0.103 e. The normalized spacial score (nSPS) is 27.0. The number of hydrogen-bond donors (Lipinski definition) is 0. The van der Waals surface area contributed by atoms with Crippen LogP contribution in [0.1, 0.15) is 136 Å². The van der Waals surface area contributed by atoms with Crippen molar-refractivity contribution in [1.29, 1.82) is 0 Å². The Hall–Kier alpha value is -0.780. The molecule has 0 heterocycles. The van der Waals surface area contributed by atoms with Crippen molar-refractivity contribution >= 4 is 0 Å². The van der Waals surface area contributed by atoms with Crippen molar-refractivity contribution in [1.82, 2.24) is 0 Å². The second kappa shape index (κ2) is 16.0. The molecular formula is C33H66. The van der Waals surface area contributed by atoms with E-state index in [-0.39, 0.29) is 0 Å². The molecule has 0 aliphatic heterocycles. The van der Waals surface area contributed by atoms with Gasteiger partial charge in [0.25, 0.3) is 0 Å². The summed E-state index contributed by atoms with van der Waals surface area (Å²) in [6, 6.07) is 0. The van der Waals surface area contributed by atoms with Crippen LogP contribution in [0.15, 0.2) is 37.0 Å². The third kappa shape index (κ3) is 17.3. The topological polar surface area (TPSA) is 0 Å². The molecule has 0 aromatic carbocycles. The Morgan fingerprint density at radius 2 is 1.03 bits per heavy atom. The Bertz CT molecular complexity index is 520. The van der Waals surface area contributed by atoms with E-state index in [4.69, 9.17) is 0 Å². The van der Waals surface area contributed by atoms with E-state index < -0.39 is 0 Å². The lowest BCUT2D eigenvalue weighted by atomic mass is 10.0. The lowest BCUT2D eigenvalue weighted by molar-refractivity contribution is 0.457. The maximum absolute atomic E-state index is 3.56. The van der Waals surface area contributed by atoms with Gasteiger partial charge in [-0.1, -0.05) is 113 Å². The maximum atomic E-state index is 3.56. The maximum Gasteiger partial charge on any atom is -0.0297 e. The molecule has 3 aliphatic carbocycles. The van der Waals surface area contributed by atoms with E-state index in [1.807, 2.05) is 45.9 Å². The van der Waals surface area contributed by atoms with Gasteiger partial charge in [-0.2, -0.15) is 0 Å². The zero-order valence-electron chi connectivity index (χ0n) is 26.2. The van der Waals surface area contributed by atoms with Crippen LogP contribution in [0.3, 0.4) is 0 Å². The fourth-order valence-corrected chi connectivity index (χ4v) is 3.53. The summed E-state index contributed by atoms with van der Waals surface area (Å²) in [5.41, 5.74) is 3.84. The highest BCUT2D eigenvalue weighted by Gasteiger charge is 2.53. The summed E-state index contributed by atoms with van der Waals surface area (Å²) in [5.74, 6) is 2.98. The van der Waals surface area contributed by atoms with Crippen LogP contribution < -0.4 is 0 Å². The van der Waals surface area contributed by atoms with Gasteiger partial charge < -0.3 is 0 Å². The highest BCUT2D eigenvalue weighted by atomic mass is 14.6. The van der Waals surface area contributed by atoms with Crippen molar-refractivity contribution < 1.29 is 0 Å². The van der Waals surface area contributed by atoms with Gasteiger partial charge in [-0.05, 0) is 86.4 Å². The van der Waals surface area contributed by atoms with Crippen molar-refractivity contribution in [2.45, 2.75) is 136 Å². The van der Waals surface area contributed by atoms with Crippen LogP contribution >= 0.6 is 0 Å². The van der Waals surface area contributed by atoms with Gasteiger partial charge in [0.15, 0.2) is 0 Å². The van der Waals surface area contributed by atoms with Crippen LogP contribution in [0.5, 0.6) is 0 Å². The minimum Gasteiger partial charge on any atom is -0.103 e. The van der Waals surface area contributed by atoms with Crippen molar-refractivity contribution in [3.8, 4) is 0 Å². The molecule has 0 saturated heterocycles. The van der Waals surface area contributed by atoms with Crippen molar-refractivity contribution in [2.75, 3.05) is 0 Å². The van der Waals surface area contributed by atoms with E-state index in [2.05, 4.69) is 96.2 Å². The molecule has 198 valence electrons. The lowest BCUT2D eigenvalue weighted by Crippen LogP contribution is -1.95. The number of rotatable bonds is 2. The molecule has 0 bridgehead atoms. The van der Waals surface area contributed by atoms with Crippen LogP contribution in [-0.4, -0.2) is 0 Å². The fourth-order valence-electron chi connectivity index (χ4n) is 3.53. The third-order valence-corrected chi connectivity index (χ3v) is 8.41. The molecular weight excluding hydrogens is 396 g/mol. The first-order chi connectivity index (χ1) is 14.7.